The predicted molar refractivity (Wildman–Crippen MR) is 81.0 cm³/mol. The second kappa shape index (κ2) is 4.97. The van der Waals surface area contributed by atoms with Gasteiger partial charge >= 0.3 is 0 Å². The van der Waals surface area contributed by atoms with Gasteiger partial charge in [-0.1, -0.05) is 60.7 Å². The highest BCUT2D eigenvalue weighted by Crippen LogP contribution is 2.35. The molecule has 1 N–H and O–H groups in total. The lowest BCUT2D eigenvalue weighted by Crippen LogP contribution is -2.45. The molecule has 100 valence electrons. The molecule has 0 saturated heterocycles. The van der Waals surface area contributed by atoms with E-state index in [2.05, 4.69) is 36.5 Å². The maximum atomic E-state index is 12.0. The Morgan fingerprint density at radius 3 is 2.20 bits per heavy atom. The molecule has 1 unspecified atom stereocenters. The molecule has 2 heteroatoms. The zero-order valence-electron chi connectivity index (χ0n) is 11.5. The minimum Gasteiger partial charge on any atom is -0.343 e. The molecule has 3 rings (SSSR count). The van der Waals surface area contributed by atoms with E-state index in [1.807, 2.05) is 36.4 Å². The minimum atomic E-state index is -0.349. The molecule has 0 bridgehead atoms. The zero-order chi connectivity index (χ0) is 14.0. The van der Waals surface area contributed by atoms with Gasteiger partial charge in [-0.15, -0.1) is 0 Å². The highest BCUT2D eigenvalue weighted by atomic mass is 16.1. The van der Waals surface area contributed by atoms with Gasteiger partial charge in [0.15, 0.2) is 0 Å². The van der Waals surface area contributed by atoms with Crippen molar-refractivity contribution in [1.82, 2.24) is 5.32 Å². The Labute approximate surface area is 119 Å². The lowest BCUT2D eigenvalue weighted by atomic mass is 9.81. The van der Waals surface area contributed by atoms with Crippen molar-refractivity contribution < 1.29 is 4.79 Å². The van der Waals surface area contributed by atoms with Crippen LogP contribution in [0.5, 0.6) is 0 Å². The van der Waals surface area contributed by atoms with Gasteiger partial charge in [0.05, 0.1) is 5.54 Å². The third-order valence-corrected chi connectivity index (χ3v) is 3.80. The van der Waals surface area contributed by atoms with Crippen molar-refractivity contribution in [3.05, 3.63) is 77.9 Å². The van der Waals surface area contributed by atoms with Crippen molar-refractivity contribution in [3.8, 4) is 0 Å². The van der Waals surface area contributed by atoms with E-state index in [1.54, 1.807) is 6.08 Å². The lowest BCUT2D eigenvalue weighted by Gasteiger charge is -2.35. The van der Waals surface area contributed by atoms with Crippen LogP contribution < -0.4 is 5.32 Å². The molecule has 0 aliphatic carbocycles. The second-order valence-corrected chi connectivity index (χ2v) is 5.40. The smallest absolute Gasteiger partial charge is 0.244 e. The fourth-order valence-corrected chi connectivity index (χ4v) is 2.76. The second-order valence-electron chi connectivity index (χ2n) is 5.40. The van der Waals surface area contributed by atoms with Gasteiger partial charge in [-0.2, -0.15) is 0 Å². The van der Waals surface area contributed by atoms with E-state index in [-0.39, 0.29) is 11.4 Å². The summed E-state index contributed by atoms with van der Waals surface area (Å²) in [5.74, 6) is -0.0264. The molecule has 1 amide bonds. The number of amides is 1. The standard InChI is InChI=1S/C18H17NO/c1-18(16-10-6-3-7-11-16)13-15(12-17(20)19-18)14-8-4-2-5-9-14/h2-12H,13H2,1H3,(H,19,20). The van der Waals surface area contributed by atoms with Gasteiger partial charge < -0.3 is 5.32 Å². The van der Waals surface area contributed by atoms with Crippen LogP contribution in [0.15, 0.2) is 66.7 Å². The molecule has 0 fully saturated rings. The average molecular weight is 263 g/mol. The molecule has 0 radical (unpaired) electrons. The Bertz CT molecular complexity index is 646. The summed E-state index contributed by atoms with van der Waals surface area (Å²) in [6, 6.07) is 20.2. The molecule has 1 atom stereocenters. The number of carbonyl (C=O) groups is 1. The van der Waals surface area contributed by atoms with Crippen molar-refractivity contribution in [3.63, 3.8) is 0 Å². The molecule has 2 nitrogen and oxygen atoms in total. The Morgan fingerprint density at radius 2 is 1.55 bits per heavy atom. The molecule has 1 aliphatic rings. The summed E-state index contributed by atoms with van der Waals surface area (Å²) in [5, 5.41) is 3.09. The third kappa shape index (κ3) is 2.37. The average Bonchev–Trinajstić information content (AvgIpc) is 2.48. The fourth-order valence-electron chi connectivity index (χ4n) is 2.76. The van der Waals surface area contributed by atoms with E-state index in [9.17, 15) is 4.79 Å². The largest absolute Gasteiger partial charge is 0.343 e. The van der Waals surface area contributed by atoms with Gasteiger partial charge in [0.1, 0.15) is 0 Å². The van der Waals surface area contributed by atoms with Gasteiger partial charge in [-0.3, -0.25) is 4.79 Å². The first-order chi connectivity index (χ1) is 9.67. The van der Waals surface area contributed by atoms with E-state index in [0.717, 1.165) is 23.1 Å². The molecular weight excluding hydrogens is 246 g/mol. The molecule has 1 heterocycles. The van der Waals surface area contributed by atoms with Crippen LogP contribution in [0.25, 0.3) is 5.57 Å². The number of hydrogen-bond donors (Lipinski definition) is 1. The van der Waals surface area contributed by atoms with Crippen molar-refractivity contribution in [2.75, 3.05) is 0 Å². The van der Waals surface area contributed by atoms with E-state index in [1.165, 1.54) is 0 Å². The highest BCUT2D eigenvalue weighted by Gasteiger charge is 2.32. The quantitative estimate of drug-likeness (QED) is 0.882. The van der Waals surface area contributed by atoms with Crippen LogP contribution in [0, 0.1) is 0 Å². The summed E-state index contributed by atoms with van der Waals surface area (Å²) in [7, 11) is 0. The van der Waals surface area contributed by atoms with Gasteiger partial charge in [-0.05, 0) is 23.6 Å². The van der Waals surface area contributed by atoms with Gasteiger partial charge in [0.2, 0.25) is 5.91 Å². The summed E-state index contributed by atoms with van der Waals surface area (Å²) in [6.07, 6.45) is 2.51. The summed E-state index contributed by atoms with van der Waals surface area (Å²) in [4.78, 5) is 12.0. The predicted octanol–water partition coefficient (Wildman–Crippen LogP) is 3.51. The van der Waals surface area contributed by atoms with Gasteiger partial charge in [-0.25, -0.2) is 0 Å². The zero-order valence-corrected chi connectivity index (χ0v) is 11.5. The number of hydrogen-bond acceptors (Lipinski definition) is 1. The van der Waals surface area contributed by atoms with Gasteiger partial charge in [0, 0.05) is 12.5 Å². The number of nitrogens with one attached hydrogen (secondary N) is 1. The first kappa shape index (κ1) is 12.7. The Hall–Kier alpha value is -2.35. The highest BCUT2D eigenvalue weighted by molar-refractivity contribution is 5.98. The van der Waals surface area contributed by atoms with E-state index < -0.39 is 0 Å². The summed E-state index contributed by atoms with van der Waals surface area (Å²) < 4.78 is 0. The van der Waals surface area contributed by atoms with Crippen molar-refractivity contribution >= 4 is 11.5 Å². The van der Waals surface area contributed by atoms with Crippen LogP contribution in [-0.4, -0.2) is 5.91 Å². The van der Waals surface area contributed by atoms with Crippen LogP contribution >= 0.6 is 0 Å². The maximum absolute atomic E-state index is 12.0. The molecule has 2 aromatic rings. The Balaban J connectivity index is 1.99. The van der Waals surface area contributed by atoms with Crippen LogP contribution in [0.3, 0.4) is 0 Å². The van der Waals surface area contributed by atoms with Crippen LogP contribution in [0.4, 0.5) is 0 Å². The number of benzene rings is 2. The monoisotopic (exact) mass is 263 g/mol. The molecule has 0 aromatic heterocycles. The summed E-state index contributed by atoms with van der Waals surface area (Å²) >= 11 is 0. The molecular formula is C18H17NO. The number of carbonyl (C=O) groups excluding carboxylic acids is 1. The summed E-state index contributed by atoms with van der Waals surface area (Å²) in [5.41, 5.74) is 2.98. The first-order valence-electron chi connectivity index (χ1n) is 6.81. The van der Waals surface area contributed by atoms with Crippen molar-refractivity contribution in [2.45, 2.75) is 18.9 Å². The number of rotatable bonds is 2. The Kier molecular flexibility index (Phi) is 3.15. The summed E-state index contributed by atoms with van der Waals surface area (Å²) in [6.45, 7) is 2.08. The van der Waals surface area contributed by atoms with Crippen LogP contribution in [-0.2, 0) is 10.3 Å². The molecule has 0 saturated carbocycles. The topological polar surface area (TPSA) is 29.1 Å². The van der Waals surface area contributed by atoms with Crippen LogP contribution in [0.2, 0.25) is 0 Å². The van der Waals surface area contributed by atoms with E-state index in [4.69, 9.17) is 0 Å². The first-order valence-corrected chi connectivity index (χ1v) is 6.81. The third-order valence-electron chi connectivity index (χ3n) is 3.80. The lowest BCUT2D eigenvalue weighted by molar-refractivity contribution is -0.118. The Morgan fingerprint density at radius 1 is 0.950 bits per heavy atom. The van der Waals surface area contributed by atoms with E-state index in [0.29, 0.717) is 0 Å². The SMILES string of the molecule is CC1(c2ccccc2)CC(c2ccccc2)=CC(=O)N1. The van der Waals surface area contributed by atoms with Crippen LogP contribution in [0.1, 0.15) is 24.5 Å². The van der Waals surface area contributed by atoms with E-state index >= 15 is 0 Å². The minimum absolute atomic E-state index is 0.0264. The van der Waals surface area contributed by atoms with Gasteiger partial charge in [0.25, 0.3) is 0 Å². The molecule has 0 spiro atoms. The molecule has 1 aliphatic heterocycles. The van der Waals surface area contributed by atoms with Crippen molar-refractivity contribution in [1.29, 1.82) is 0 Å². The molecule has 2 aromatic carbocycles. The maximum Gasteiger partial charge on any atom is 0.244 e. The fraction of sp³-hybridized carbons (Fsp3) is 0.167. The normalized spacial score (nSPS) is 22.1. The van der Waals surface area contributed by atoms with Crippen molar-refractivity contribution in [2.24, 2.45) is 0 Å². The molecule has 20 heavy (non-hydrogen) atoms.